The molecule has 0 bridgehead atoms. The van der Waals surface area contributed by atoms with Gasteiger partial charge in [-0.25, -0.2) is 13.4 Å². The van der Waals surface area contributed by atoms with Crippen LogP contribution in [-0.4, -0.2) is 51.7 Å². The lowest BCUT2D eigenvalue weighted by atomic mass is 10.00. The highest BCUT2D eigenvalue weighted by Gasteiger charge is 2.15. The SMILES string of the molecule is CCNC(=NCc1ccc(S(C)(=O)=O)c(C)c1)NCCN1CCc2ccccc2C1. The molecule has 1 aliphatic rings. The minimum atomic E-state index is -3.20. The van der Waals surface area contributed by atoms with E-state index in [1.807, 2.05) is 26.0 Å². The summed E-state index contributed by atoms with van der Waals surface area (Å²) >= 11 is 0. The number of fused-ring (bicyclic) bond motifs is 1. The highest BCUT2D eigenvalue weighted by Crippen LogP contribution is 2.18. The molecular weight excluding hydrogens is 396 g/mol. The Hall–Kier alpha value is -2.38. The van der Waals surface area contributed by atoms with E-state index in [1.54, 1.807) is 6.07 Å². The molecule has 1 heterocycles. The number of aryl methyl sites for hydroxylation is 1. The molecule has 7 heteroatoms. The Balaban J connectivity index is 1.54. The fourth-order valence-electron chi connectivity index (χ4n) is 3.82. The molecule has 6 nitrogen and oxygen atoms in total. The van der Waals surface area contributed by atoms with Crippen LogP contribution in [0.25, 0.3) is 0 Å². The van der Waals surface area contributed by atoms with Gasteiger partial charge >= 0.3 is 0 Å². The molecule has 3 rings (SSSR count). The van der Waals surface area contributed by atoms with Crippen LogP contribution in [0.2, 0.25) is 0 Å². The second-order valence-electron chi connectivity index (χ2n) is 7.79. The third-order valence-electron chi connectivity index (χ3n) is 5.33. The maximum absolute atomic E-state index is 11.8. The van der Waals surface area contributed by atoms with Gasteiger partial charge in [-0.3, -0.25) is 4.90 Å². The fourth-order valence-corrected chi connectivity index (χ4v) is 4.77. The number of hydrogen-bond acceptors (Lipinski definition) is 4. The molecule has 0 amide bonds. The molecule has 0 saturated carbocycles. The summed E-state index contributed by atoms with van der Waals surface area (Å²) in [6.07, 6.45) is 2.34. The summed E-state index contributed by atoms with van der Waals surface area (Å²) in [7, 11) is -3.20. The quantitative estimate of drug-likeness (QED) is 0.524. The van der Waals surface area contributed by atoms with Crippen molar-refractivity contribution in [3.8, 4) is 0 Å². The van der Waals surface area contributed by atoms with Gasteiger partial charge in [0.1, 0.15) is 0 Å². The number of nitrogens with one attached hydrogen (secondary N) is 2. The van der Waals surface area contributed by atoms with Crippen molar-refractivity contribution in [2.75, 3.05) is 32.4 Å². The number of hydrogen-bond donors (Lipinski definition) is 2. The second-order valence-corrected chi connectivity index (χ2v) is 9.77. The zero-order valence-electron chi connectivity index (χ0n) is 18.1. The summed E-state index contributed by atoms with van der Waals surface area (Å²) in [5.74, 6) is 0.778. The van der Waals surface area contributed by atoms with E-state index in [2.05, 4.69) is 44.8 Å². The standard InChI is InChI=1S/C23H32N4O2S/c1-4-24-23(26-16-19-9-10-22(18(2)15-19)30(3,28)29)25-12-14-27-13-11-20-7-5-6-8-21(20)17-27/h5-10,15H,4,11-14,16-17H2,1-3H3,(H2,24,25,26). The first-order valence-corrected chi connectivity index (χ1v) is 12.4. The molecule has 0 atom stereocenters. The van der Waals surface area contributed by atoms with Gasteiger partial charge in [-0.1, -0.05) is 36.4 Å². The van der Waals surface area contributed by atoms with Crippen molar-refractivity contribution < 1.29 is 8.42 Å². The summed E-state index contributed by atoms with van der Waals surface area (Å²) in [5.41, 5.74) is 4.64. The zero-order valence-corrected chi connectivity index (χ0v) is 18.9. The largest absolute Gasteiger partial charge is 0.357 e. The molecule has 2 aromatic carbocycles. The van der Waals surface area contributed by atoms with Crippen molar-refractivity contribution in [1.82, 2.24) is 15.5 Å². The summed E-state index contributed by atoms with van der Waals surface area (Å²) in [4.78, 5) is 7.50. The summed E-state index contributed by atoms with van der Waals surface area (Å²) in [5, 5.41) is 6.69. The third-order valence-corrected chi connectivity index (χ3v) is 6.59. The number of aliphatic imine (C=N–C) groups is 1. The first-order chi connectivity index (χ1) is 14.4. The molecular formula is C23H32N4O2S. The van der Waals surface area contributed by atoms with Crippen LogP contribution in [0.15, 0.2) is 52.4 Å². The van der Waals surface area contributed by atoms with Crippen LogP contribution in [0.3, 0.4) is 0 Å². The molecule has 30 heavy (non-hydrogen) atoms. The van der Waals surface area contributed by atoms with Gasteiger partial charge in [-0.05, 0) is 48.6 Å². The lowest BCUT2D eigenvalue weighted by Crippen LogP contribution is -2.42. The molecule has 0 aromatic heterocycles. The molecule has 0 fully saturated rings. The number of benzene rings is 2. The van der Waals surface area contributed by atoms with Crippen LogP contribution in [-0.2, 0) is 29.3 Å². The molecule has 0 saturated heterocycles. The van der Waals surface area contributed by atoms with Crippen molar-refractivity contribution in [2.45, 2.75) is 38.3 Å². The molecule has 0 spiro atoms. The number of sulfone groups is 1. The van der Waals surface area contributed by atoms with Gasteiger partial charge in [0.25, 0.3) is 0 Å². The summed E-state index contributed by atoms with van der Waals surface area (Å²) in [6.45, 7) is 9.01. The second kappa shape index (κ2) is 10.1. The minimum absolute atomic E-state index is 0.378. The summed E-state index contributed by atoms with van der Waals surface area (Å²) < 4.78 is 23.6. The number of guanidine groups is 1. The van der Waals surface area contributed by atoms with Crippen molar-refractivity contribution >= 4 is 15.8 Å². The Kier molecular flexibility index (Phi) is 7.50. The molecule has 0 aliphatic carbocycles. The topological polar surface area (TPSA) is 73.8 Å². The lowest BCUT2D eigenvalue weighted by Gasteiger charge is -2.28. The van der Waals surface area contributed by atoms with Gasteiger partial charge < -0.3 is 10.6 Å². The van der Waals surface area contributed by atoms with Gasteiger partial charge in [0, 0.05) is 39.0 Å². The van der Waals surface area contributed by atoms with Crippen LogP contribution < -0.4 is 10.6 Å². The van der Waals surface area contributed by atoms with Crippen LogP contribution in [0, 0.1) is 6.92 Å². The van der Waals surface area contributed by atoms with E-state index in [4.69, 9.17) is 0 Å². The molecule has 2 aromatic rings. The van der Waals surface area contributed by atoms with E-state index >= 15 is 0 Å². The predicted octanol–water partition coefficient (Wildman–Crippen LogP) is 2.51. The Morgan fingerprint density at radius 1 is 1.13 bits per heavy atom. The van der Waals surface area contributed by atoms with E-state index in [1.165, 1.54) is 17.4 Å². The molecule has 0 unspecified atom stereocenters. The van der Waals surface area contributed by atoms with E-state index in [0.29, 0.717) is 11.4 Å². The Labute approximate surface area is 180 Å². The van der Waals surface area contributed by atoms with E-state index in [0.717, 1.165) is 56.2 Å². The first kappa shape index (κ1) is 22.3. The van der Waals surface area contributed by atoms with Crippen molar-refractivity contribution in [1.29, 1.82) is 0 Å². The molecule has 1 aliphatic heterocycles. The van der Waals surface area contributed by atoms with E-state index in [-0.39, 0.29) is 0 Å². The highest BCUT2D eigenvalue weighted by atomic mass is 32.2. The minimum Gasteiger partial charge on any atom is -0.357 e. The van der Waals surface area contributed by atoms with Crippen LogP contribution in [0.5, 0.6) is 0 Å². The van der Waals surface area contributed by atoms with Crippen LogP contribution in [0.4, 0.5) is 0 Å². The van der Waals surface area contributed by atoms with Crippen LogP contribution >= 0.6 is 0 Å². The van der Waals surface area contributed by atoms with Crippen molar-refractivity contribution in [3.63, 3.8) is 0 Å². The van der Waals surface area contributed by atoms with Crippen LogP contribution in [0.1, 0.15) is 29.2 Å². The van der Waals surface area contributed by atoms with E-state index in [9.17, 15) is 8.42 Å². The number of rotatable bonds is 7. The lowest BCUT2D eigenvalue weighted by molar-refractivity contribution is 0.258. The summed E-state index contributed by atoms with van der Waals surface area (Å²) in [6, 6.07) is 14.1. The Morgan fingerprint density at radius 3 is 2.60 bits per heavy atom. The van der Waals surface area contributed by atoms with Gasteiger partial charge in [0.15, 0.2) is 15.8 Å². The van der Waals surface area contributed by atoms with Gasteiger partial charge in [0.05, 0.1) is 11.4 Å². The fraction of sp³-hybridized carbons (Fsp3) is 0.435. The van der Waals surface area contributed by atoms with Gasteiger partial charge in [-0.2, -0.15) is 0 Å². The normalized spacial score (nSPS) is 15.0. The monoisotopic (exact) mass is 428 g/mol. The van der Waals surface area contributed by atoms with Crippen molar-refractivity contribution in [3.05, 3.63) is 64.7 Å². The molecule has 2 N–H and O–H groups in total. The maximum atomic E-state index is 11.8. The smallest absolute Gasteiger partial charge is 0.191 e. The van der Waals surface area contributed by atoms with Gasteiger partial charge in [0.2, 0.25) is 0 Å². The Morgan fingerprint density at radius 2 is 1.90 bits per heavy atom. The van der Waals surface area contributed by atoms with Crippen molar-refractivity contribution in [2.24, 2.45) is 4.99 Å². The molecule has 0 radical (unpaired) electrons. The van der Waals surface area contributed by atoms with E-state index < -0.39 is 9.84 Å². The highest BCUT2D eigenvalue weighted by molar-refractivity contribution is 7.90. The zero-order chi connectivity index (χ0) is 21.6. The predicted molar refractivity (Wildman–Crippen MR) is 123 cm³/mol. The number of nitrogens with zero attached hydrogens (tertiary/aromatic N) is 2. The maximum Gasteiger partial charge on any atom is 0.191 e. The molecule has 162 valence electrons. The van der Waals surface area contributed by atoms with Gasteiger partial charge in [-0.15, -0.1) is 0 Å². The Bertz CT molecular complexity index is 1000. The average Bonchev–Trinajstić information content (AvgIpc) is 2.71. The third kappa shape index (κ3) is 6.06. The average molecular weight is 429 g/mol. The first-order valence-electron chi connectivity index (χ1n) is 10.5.